The molecule has 0 spiro atoms. The summed E-state index contributed by atoms with van der Waals surface area (Å²) in [5, 5.41) is 2.92. The Morgan fingerprint density at radius 3 is 2.80 bits per heavy atom. The maximum atomic E-state index is 13.8. The monoisotopic (exact) mass is 339 g/mol. The molecule has 1 amide bonds. The molecule has 3 aromatic rings. The fraction of sp³-hybridized carbons (Fsp3) is 0.300. The van der Waals surface area contributed by atoms with E-state index >= 15 is 0 Å². The van der Waals surface area contributed by atoms with Gasteiger partial charge in [0.25, 0.3) is 0 Å². The van der Waals surface area contributed by atoms with E-state index in [0.717, 1.165) is 22.5 Å². The summed E-state index contributed by atoms with van der Waals surface area (Å²) in [5.74, 6) is -0.644. The van der Waals surface area contributed by atoms with Crippen LogP contribution in [0.25, 0.3) is 5.65 Å². The molecule has 4 nitrogen and oxygen atoms in total. The minimum Gasteiger partial charge on any atom is -0.354 e. The number of imidazole rings is 1. The molecule has 1 N–H and O–H groups in total. The van der Waals surface area contributed by atoms with Gasteiger partial charge in [0.1, 0.15) is 11.5 Å². The largest absolute Gasteiger partial charge is 0.354 e. The Balaban J connectivity index is 2.06. The van der Waals surface area contributed by atoms with Crippen molar-refractivity contribution in [2.24, 2.45) is 0 Å². The van der Waals surface area contributed by atoms with Crippen molar-refractivity contribution in [3.8, 4) is 0 Å². The van der Waals surface area contributed by atoms with Crippen LogP contribution >= 0.6 is 0 Å². The number of carbonyl (C=O) groups excluding carboxylic acids is 1. The molecular formula is C20H22FN3O. The van der Waals surface area contributed by atoms with Crippen molar-refractivity contribution in [3.63, 3.8) is 0 Å². The molecule has 0 saturated carbocycles. The van der Waals surface area contributed by atoms with Gasteiger partial charge in [-0.1, -0.05) is 18.2 Å². The molecular weight excluding hydrogens is 317 g/mol. The molecule has 25 heavy (non-hydrogen) atoms. The lowest BCUT2D eigenvalue weighted by Gasteiger charge is -2.18. The van der Waals surface area contributed by atoms with Crippen molar-refractivity contribution in [1.82, 2.24) is 14.7 Å². The molecule has 0 aliphatic rings. The molecule has 5 heteroatoms. The van der Waals surface area contributed by atoms with Gasteiger partial charge in [-0.3, -0.25) is 4.79 Å². The molecule has 0 aliphatic heterocycles. The molecule has 0 radical (unpaired) electrons. The van der Waals surface area contributed by atoms with Crippen LogP contribution in [0.5, 0.6) is 0 Å². The Bertz CT molecular complexity index is 901. The number of carbonyl (C=O) groups is 1. The lowest BCUT2D eigenvalue weighted by Crippen LogP contribution is -2.31. The van der Waals surface area contributed by atoms with E-state index in [1.807, 2.05) is 49.6 Å². The van der Waals surface area contributed by atoms with Gasteiger partial charge in [0.2, 0.25) is 5.91 Å². The highest BCUT2D eigenvalue weighted by atomic mass is 19.1. The van der Waals surface area contributed by atoms with Crippen LogP contribution in [0, 0.1) is 12.7 Å². The molecule has 3 rings (SSSR count). The van der Waals surface area contributed by atoms with Crippen molar-refractivity contribution in [2.45, 2.75) is 39.2 Å². The molecule has 0 saturated heterocycles. The molecule has 130 valence electrons. The molecule has 0 bridgehead atoms. The van der Waals surface area contributed by atoms with Gasteiger partial charge in [0.05, 0.1) is 5.69 Å². The third kappa shape index (κ3) is 3.71. The second kappa shape index (κ2) is 7.05. The van der Waals surface area contributed by atoms with E-state index in [-0.39, 0.29) is 30.1 Å². The zero-order valence-corrected chi connectivity index (χ0v) is 14.7. The van der Waals surface area contributed by atoms with Gasteiger partial charge in [0, 0.05) is 30.8 Å². The van der Waals surface area contributed by atoms with Crippen molar-refractivity contribution in [3.05, 3.63) is 71.4 Å². The molecule has 2 aromatic heterocycles. The van der Waals surface area contributed by atoms with E-state index in [1.165, 1.54) is 12.1 Å². The molecule has 0 aliphatic carbocycles. The van der Waals surface area contributed by atoms with Gasteiger partial charge in [-0.05, 0) is 50.1 Å². The van der Waals surface area contributed by atoms with Crippen LogP contribution in [0.15, 0.2) is 48.8 Å². The first-order chi connectivity index (χ1) is 12.0. The van der Waals surface area contributed by atoms with E-state index in [1.54, 1.807) is 12.3 Å². The van der Waals surface area contributed by atoms with E-state index in [4.69, 9.17) is 0 Å². The fourth-order valence-electron chi connectivity index (χ4n) is 3.11. The summed E-state index contributed by atoms with van der Waals surface area (Å²) in [6.07, 6.45) is 3.95. The number of pyridine rings is 1. The summed E-state index contributed by atoms with van der Waals surface area (Å²) in [6.45, 7) is 5.84. The number of aromatic nitrogens is 2. The molecule has 1 atom stereocenters. The second-order valence-corrected chi connectivity index (χ2v) is 6.60. The number of benzene rings is 1. The van der Waals surface area contributed by atoms with Crippen molar-refractivity contribution in [1.29, 1.82) is 0 Å². The SMILES string of the molecule is Cc1cccn2c(C(CC(=O)NC(C)C)c3cccc(F)c3)cnc12. The molecule has 1 unspecified atom stereocenters. The van der Waals surface area contributed by atoms with Crippen LogP contribution < -0.4 is 5.32 Å². The Morgan fingerprint density at radius 2 is 2.08 bits per heavy atom. The van der Waals surface area contributed by atoms with E-state index in [9.17, 15) is 9.18 Å². The number of hydrogen-bond acceptors (Lipinski definition) is 2. The van der Waals surface area contributed by atoms with Gasteiger partial charge in [0.15, 0.2) is 0 Å². The number of amides is 1. The first kappa shape index (κ1) is 17.1. The van der Waals surface area contributed by atoms with E-state index in [2.05, 4.69) is 10.3 Å². The fourth-order valence-corrected chi connectivity index (χ4v) is 3.11. The highest BCUT2D eigenvalue weighted by Gasteiger charge is 2.23. The maximum absolute atomic E-state index is 13.8. The predicted molar refractivity (Wildman–Crippen MR) is 96.1 cm³/mol. The summed E-state index contributed by atoms with van der Waals surface area (Å²) in [5.41, 5.74) is 3.55. The first-order valence-electron chi connectivity index (χ1n) is 8.43. The van der Waals surface area contributed by atoms with Crippen molar-refractivity contribution in [2.75, 3.05) is 0 Å². The number of hydrogen-bond donors (Lipinski definition) is 1. The highest BCUT2D eigenvalue weighted by molar-refractivity contribution is 5.77. The lowest BCUT2D eigenvalue weighted by molar-refractivity contribution is -0.121. The van der Waals surface area contributed by atoms with Gasteiger partial charge >= 0.3 is 0 Å². The highest BCUT2D eigenvalue weighted by Crippen LogP contribution is 2.29. The summed E-state index contributed by atoms with van der Waals surface area (Å²) in [6, 6.07) is 10.4. The van der Waals surface area contributed by atoms with E-state index < -0.39 is 0 Å². The quantitative estimate of drug-likeness (QED) is 0.768. The number of fused-ring (bicyclic) bond motifs is 1. The Morgan fingerprint density at radius 1 is 1.28 bits per heavy atom. The first-order valence-corrected chi connectivity index (χ1v) is 8.43. The number of rotatable bonds is 5. The van der Waals surface area contributed by atoms with Gasteiger partial charge < -0.3 is 9.72 Å². The van der Waals surface area contributed by atoms with Gasteiger partial charge in [-0.15, -0.1) is 0 Å². The Kier molecular flexibility index (Phi) is 4.83. The van der Waals surface area contributed by atoms with Crippen LogP contribution in [0.1, 0.15) is 43.0 Å². The average Bonchev–Trinajstić information content (AvgIpc) is 2.97. The number of halogens is 1. The normalized spacial score (nSPS) is 12.5. The van der Waals surface area contributed by atoms with Crippen LogP contribution in [-0.2, 0) is 4.79 Å². The number of aryl methyl sites for hydroxylation is 1. The summed E-state index contributed by atoms with van der Waals surface area (Å²) >= 11 is 0. The molecule has 1 aromatic carbocycles. The third-order valence-electron chi connectivity index (χ3n) is 4.21. The van der Waals surface area contributed by atoms with Crippen LogP contribution in [0.2, 0.25) is 0 Å². The zero-order chi connectivity index (χ0) is 18.0. The van der Waals surface area contributed by atoms with Crippen molar-refractivity contribution >= 4 is 11.6 Å². The second-order valence-electron chi connectivity index (χ2n) is 6.60. The number of nitrogens with zero attached hydrogens (tertiary/aromatic N) is 2. The topological polar surface area (TPSA) is 46.4 Å². The third-order valence-corrected chi connectivity index (χ3v) is 4.21. The smallest absolute Gasteiger partial charge is 0.221 e. The summed E-state index contributed by atoms with van der Waals surface area (Å²) < 4.78 is 15.8. The van der Waals surface area contributed by atoms with Crippen LogP contribution in [-0.4, -0.2) is 21.3 Å². The lowest BCUT2D eigenvalue weighted by atomic mass is 9.92. The van der Waals surface area contributed by atoms with E-state index in [0.29, 0.717) is 0 Å². The zero-order valence-electron chi connectivity index (χ0n) is 14.7. The Hall–Kier alpha value is -2.69. The summed E-state index contributed by atoms with van der Waals surface area (Å²) in [7, 11) is 0. The molecule has 2 heterocycles. The van der Waals surface area contributed by atoms with Gasteiger partial charge in [-0.2, -0.15) is 0 Å². The van der Waals surface area contributed by atoms with Crippen LogP contribution in [0.4, 0.5) is 4.39 Å². The Labute approximate surface area is 146 Å². The van der Waals surface area contributed by atoms with Crippen molar-refractivity contribution < 1.29 is 9.18 Å². The molecule has 0 fully saturated rings. The maximum Gasteiger partial charge on any atom is 0.221 e. The van der Waals surface area contributed by atoms with Gasteiger partial charge in [-0.25, -0.2) is 9.37 Å². The summed E-state index contributed by atoms with van der Waals surface area (Å²) in [4.78, 5) is 16.9. The predicted octanol–water partition coefficient (Wildman–Crippen LogP) is 3.83. The standard InChI is InChI=1S/C20H22FN3O/c1-13(2)23-19(25)11-17(15-7-4-8-16(21)10-15)18-12-22-20-14(3)6-5-9-24(18)20/h4-10,12-13,17H,11H2,1-3H3,(H,23,25). The number of nitrogens with one attached hydrogen (secondary N) is 1. The van der Waals surface area contributed by atoms with Crippen LogP contribution in [0.3, 0.4) is 0 Å². The average molecular weight is 339 g/mol. The minimum atomic E-state index is -0.309. The minimum absolute atomic E-state index is 0.0603.